The molecule has 0 aliphatic carbocycles. The zero-order chi connectivity index (χ0) is 11.4. The summed E-state index contributed by atoms with van der Waals surface area (Å²) >= 11 is 0. The Kier molecular flexibility index (Phi) is 3.78. The maximum atomic E-state index is 5.67. The number of aromatic nitrogens is 1. The summed E-state index contributed by atoms with van der Waals surface area (Å²) in [5.74, 6) is 1.09. The van der Waals surface area contributed by atoms with E-state index in [1.165, 1.54) is 31.2 Å². The number of hydrogen-bond acceptors (Lipinski definition) is 3. The number of nitrogens with zero attached hydrogens (tertiary/aromatic N) is 2. The van der Waals surface area contributed by atoms with Gasteiger partial charge in [0.15, 0.2) is 0 Å². The minimum absolute atomic E-state index is 0.595. The van der Waals surface area contributed by atoms with E-state index in [2.05, 4.69) is 22.9 Å². The molecule has 1 aromatic heterocycles. The van der Waals surface area contributed by atoms with Crippen molar-refractivity contribution in [2.45, 2.75) is 45.2 Å². The minimum Gasteiger partial charge on any atom is -0.354 e. The summed E-state index contributed by atoms with van der Waals surface area (Å²) in [5.41, 5.74) is 6.84. The summed E-state index contributed by atoms with van der Waals surface area (Å²) < 4.78 is 0. The average Bonchev–Trinajstić information content (AvgIpc) is 2.54. The second-order valence-electron chi connectivity index (χ2n) is 4.62. The third kappa shape index (κ3) is 2.53. The van der Waals surface area contributed by atoms with Gasteiger partial charge in [0, 0.05) is 25.3 Å². The van der Waals surface area contributed by atoms with E-state index in [0.717, 1.165) is 12.4 Å². The van der Waals surface area contributed by atoms with Gasteiger partial charge in [-0.25, -0.2) is 4.98 Å². The average molecular weight is 219 g/mol. The largest absolute Gasteiger partial charge is 0.354 e. The highest BCUT2D eigenvalue weighted by atomic mass is 15.2. The van der Waals surface area contributed by atoms with E-state index in [9.17, 15) is 0 Å². The number of pyridine rings is 1. The van der Waals surface area contributed by atoms with Gasteiger partial charge in [-0.2, -0.15) is 0 Å². The zero-order valence-corrected chi connectivity index (χ0v) is 10.0. The predicted octanol–water partition coefficient (Wildman–Crippen LogP) is 2.31. The molecule has 2 rings (SSSR count). The molecule has 16 heavy (non-hydrogen) atoms. The summed E-state index contributed by atoms with van der Waals surface area (Å²) in [6.07, 6.45) is 7.11. The first-order valence-corrected chi connectivity index (χ1v) is 6.23. The molecule has 1 aromatic rings. The van der Waals surface area contributed by atoms with Crippen LogP contribution in [0.4, 0.5) is 5.82 Å². The summed E-state index contributed by atoms with van der Waals surface area (Å²) in [7, 11) is 0. The fraction of sp³-hybridized carbons (Fsp3) is 0.615. The Morgan fingerprint density at radius 2 is 2.31 bits per heavy atom. The first kappa shape index (κ1) is 11.4. The van der Waals surface area contributed by atoms with Crippen molar-refractivity contribution in [2.75, 3.05) is 11.4 Å². The molecule has 1 saturated heterocycles. The van der Waals surface area contributed by atoms with E-state index in [-0.39, 0.29) is 0 Å². The lowest BCUT2D eigenvalue weighted by Gasteiger charge is -2.28. The van der Waals surface area contributed by atoms with Crippen molar-refractivity contribution in [1.29, 1.82) is 0 Å². The molecule has 0 spiro atoms. The van der Waals surface area contributed by atoms with E-state index < -0.39 is 0 Å². The molecule has 1 aliphatic rings. The molecule has 0 radical (unpaired) electrons. The quantitative estimate of drug-likeness (QED) is 0.830. The zero-order valence-electron chi connectivity index (χ0n) is 10.0. The first-order valence-electron chi connectivity index (χ1n) is 6.23. The summed E-state index contributed by atoms with van der Waals surface area (Å²) in [6, 6.07) is 4.72. The van der Waals surface area contributed by atoms with E-state index in [1.54, 1.807) is 0 Å². The highest BCUT2D eigenvalue weighted by Gasteiger charge is 2.18. The van der Waals surface area contributed by atoms with Gasteiger partial charge in [-0.3, -0.25) is 0 Å². The number of rotatable bonds is 2. The van der Waals surface area contributed by atoms with E-state index >= 15 is 0 Å². The number of hydrogen-bond donors (Lipinski definition) is 1. The molecule has 2 heterocycles. The van der Waals surface area contributed by atoms with Gasteiger partial charge in [0.2, 0.25) is 0 Å². The van der Waals surface area contributed by atoms with Crippen LogP contribution in [0.1, 0.15) is 38.2 Å². The molecule has 0 bridgehead atoms. The van der Waals surface area contributed by atoms with Gasteiger partial charge in [0.1, 0.15) is 5.82 Å². The first-order chi connectivity index (χ1) is 7.81. The maximum absolute atomic E-state index is 5.67. The van der Waals surface area contributed by atoms with Gasteiger partial charge in [-0.1, -0.05) is 12.8 Å². The van der Waals surface area contributed by atoms with Crippen LogP contribution in [0.25, 0.3) is 0 Å². The van der Waals surface area contributed by atoms with Gasteiger partial charge in [0.25, 0.3) is 0 Å². The Morgan fingerprint density at radius 1 is 1.44 bits per heavy atom. The third-order valence-corrected chi connectivity index (χ3v) is 3.39. The van der Waals surface area contributed by atoms with Crippen LogP contribution < -0.4 is 10.6 Å². The molecule has 1 atom stereocenters. The molecule has 0 amide bonds. The SMILES string of the molecule is CC1CCCCCN1c1cc(CN)ccn1. The van der Waals surface area contributed by atoms with Crippen LogP contribution in [0.3, 0.4) is 0 Å². The van der Waals surface area contributed by atoms with Crippen molar-refractivity contribution in [3.8, 4) is 0 Å². The Balaban J connectivity index is 2.19. The minimum atomic E-state index is 0.595. The van der Waals surface area contributed by atoms with Crippen LogP contribution in [-0.4, -0.2) is 17.6 Å². The highest BCUT2D eigenvalue weighted by Crippen LogP contribution is 2.22. The molecular formula is C13H21N3. The van der Waals surface area contributed by atoms with Gasteiger partial charge < -0.3 is 10.6 Å². The van der Waals surface area contributed by atoms with E-state index in [0.29, 0.717) is 12.6 Å². The normalized spacial score (nSPS) is 21.9. The smallest absolute Gasteiger partial charge is 0.129 e. The topological polar surface area (TPSA) is 42.1 Å². The summed E-state index contributed by atoms with van der Waals surface area (Å²) in [4.78, 5) is 6.90. The van der Waals surface area contributed by atoms with Crippen LogP contribution in [-0.2, 0) is 6.54 Å². The van der Waals surface area contributed by atoms with Crippen LogP contribution in [0, 0.1) is 0 Å². The molecule has 1 fully saturated rings. The van der Waals surface area contributed by atoms with Crippen LogP contribution in [0.15, 0.2) is 18.3 Å². The summed E-state index contributed by atoms with van der Waals surface area (Å²) in [5, 5.41) is 0. The van der Waals surface area contributed by atoms with Crippen molar-refractivity contribution in [3.63, 3.8) is 0 Å². The van der Waals surface area contributed by atoms with Gasteiger partial charge in [-0.15, -0.1) is 0 Å². The van der Waals surface area contributed by atoms with Crippen molar-refractivity contribution in [1.82, 2.24) is 4.98 Å². The molecule has 88 valence electrons. The third-order valence-electron chi connectivity index (χ3n) is 3.39. The molecule has 1 aliphatic heterocycles. The van der Waals surface area contributed by atoms with Crippen LogP contribution >= 0.6 is 0 Å². The fourth-order valence-corrected chi connectivity index (χ4v) is 2.36. The van der Waals surface area contributed by atoms with Gasteiger partial charge in [0.05, 0.1) is 0 Å². The standard InChI is InChI=1S/C13H21N3/c1-11-5-3-2-4-8-16(11)13-9-12(10-14)6-7-15-13/h6-7,9,11H,2-5,8,10,14H2,1H3. The maximum Gasteiger partial charge on any atom is 0.129 e. The Morgan fingerprint density at radius 3 is 3.12 bits per heavy atom. The fourth-order valence-electron chi connectivity index (χ4n) is 2.36. The molecule has 2 N–H and O–H groups in total. The molecule has 1 unspecified atom stereocenters. The molecule has 0 saturated carbocycles. The van der Waals surface area contributed by atoms with Crippen molar-refractivity contribution < 1.29 is 0 Å². The predicted molar refractivity (Wildman–Crippen MR) is 67.4 cm³/mol. The van der Waals surface area contributed by atoms with Gasteiger partial charge in [-0.05, 0) is 37.5 Å². The molecule has 0 aromatic carbocycles. The highest BCUT2D eigenvalue weighted by molar-refractivity contribution is 5.42. The van der Waals surface area contributed by atoms with Crippen LogP contribution in [0.2, 0.25) is 0 Å². The number of anilines is 1. The van der Waals surface area contributed by atoms with Crippen molar-refractivity contribution in [2.24, 2.45) is 5.73 Å². The van der Waals surface area contributed by atoms with Gasteiger partial charge >= 0.3 is 0 Å². The molecular weight excluding hydrogens is 198 g/mol. The second kappa shape index (κ2) is 5.30. The Bertz CT molecular complexity index is 338. The molecule has 3 nitrogen and oxygen atoms in total. The van der Waals surface area contributed by atoms with E-state index in [1.807, 2.05) is 12.3 Å². The Hall–Kier alpha value is -1.09. The lowest BCUT2D eigenvalue weighted by atomic mass is 10.1. The monoisotopic (exact) mass is 219 g/mol. The van der Waals surface area contributed by atoms with Crippen LogP contribution in [0.5, 0.6) is 0 Å². The lowest BCUT2D eigenvalue weighted by molar-refractivity contribution is 0.611. The van der Waals surface area contributed by atoms with Crippen molar-refractivity contribution >= 4 is 5.82 Å². The summed E-state index contributed by atoms with van der Waals surface area (Å²) in [6.45, 7) is 4.02. The second-order valence-corrected chi connectivity index (χ2v) is 4.62. The number of nitrogens with two attached hydrogens (primary N) is 1. The van der Waals surface area contributed by atoms with Crippen molar-refractivity contribution in [3.05, 3.63) is 23.9 Å². The molecule has 3 heteroatoms. The lowest BCUT2D eigenvalue weighted by Crippen LogP contribution is -2.33. The van der Waals surface area contributed by atoms with E-state index in [4.69, 9.17) is 5.73 Å². The Labute approximate surface area is 97.7 Å².